The average molecular weight is 279 g/mol. The largest absolute Gasteiger partial charge is 0.306 e. The van der Waals surface area contributed by atoms with Crippen LogP contribution in [0.5, 0.6) is 0 Å². The molecule has 2 heterocycles. The van der Waals surface area contributed by atoms with Crippen LogP contribution in [0.2, 0.25) is 0 Å². The number of benzene rings is 1. The molecule has 1 aromatic heterocycles. The van der Waals surface area contributed by atoms with Crippen molar-refractivity contribution in [3.8, 4) is 0 Å². The zero-order valence-electron chi connectivity index (χ0n) is 10.3. The highest BCUT2D eigenvalue weighted by atomic mass is 32.1. The SMILES string of the molecule is O=C(Nc1nc2cc(F)ccc2s1)C1CCCCN1. The van der Waals surface area contributed by atoms with Gasteiger partial charge in [-0.15, -0.1) is 0 Å². The van der Waals surface area contributed by atoms with Crippen LogP contribution in [-0.2, 0) is 4.79 Å². The molecule has 0 spiro atoms. The van der Waals surface area contributed by atoms with E-state index in [2.05, 4.69) is 15.6 Å². The van der Waals surface area contributed by atoms with Crippen LogP contribution in [0.4, 0.5) is 9.52 Å². The van der Waals surface area contributed by atoms with Crippen molar-refractivity contribution in [2.45, 2.75) is 25.3 Å². The smallest absolute Gasteiger partial charge is 0.243 e. The summed E-state index contributed by atoms with van der Waals surface area (Å²) in [5.74, 6) is -0.371. The highest BCUT2D eigenvalue weighted by molar-refractivity contribution is 7.22. The number of halogens is 1. The van der Waals surface area contributed by atoms with Gasteiger partial charge in [0.2, 0.25) is 5.91 Å². The van der Waals surface area contributed by atoms with Gasteiger partial charge in [0.15, 0.2) is 5.13 Å². The van der Waals surface area contributed by atoms with Gasteiger partial charge < -0.3 is 10.6 Å². The number of thiazole rings is 1. The summed E-state index contributed by atoms with van der Waals surface area (Å²) in [4.78, 5) is 16.3. The number of anilines is 1. The molecule has 0 aliphatic carbocycles. The molecule has 1 fully saturated rings. The van der Waals surface area contributed by atoms with E-state index in [1.54, 1.807) is 6.07 Å². The van der Waals surface area contributed by atoms with Crippen molar-refractivity contribution in [2.24, 2.45) is 0 Å². The topological polar surface area (TPSA) is 54.0 Å². The minimum absolute atomic E-state index is 0.0563. The van der Waals surface area contributed by atoms with Crippen molar-refractivity contribution in [1.82, 2.24) is 10.3 Å². The molecule has 1 atom stereocenters. The highest BCUT2D eigenvalue weighted by Gasteiger charge is 2.21. The van der Waals surface area contributed by atoms with Gasteiger partial charge in [0.25, 0.3) is 0 Å². The van der Waals surface area contributed by atoms with Crippen molar-refractivity contribution in [1.29, 1.82) is 0 Å². The van der Waals surface area contributed by atoms with E-state index >= 15 is 0 Å². The molecule has 1 aromatic carbocycles. The van der Waals surface area contributed by atoms with Crippen LogP contribution in [0.15, 0.2) is 18.2 Å². The first kappa shape index (κ1) is 12.5. The van der Waals surface area contributed by atoms with Gasteiger partial charge in [-0.25, -0.2) is 9.37 Å². The lowest BCUT2D eigenvalue weighted by molar-refractivity contribution is -0.118. The first-order valence-corrected chi connectivity index (χ1v) is 7.14. The molecule has 1 saturated heterocycles. The molecule has 6 heteroatoms. The van der Waals surface area contributed by atoms with Gasteiger partial charge in [0.05, 0.1) is 16.3 Å². The number of hydrogen-bond donors (Lipinski definition) is 2. The minimum Gasteiger partial charge on any atom is -0.306 e. The normalized spacial score (nSPS) is 19.5. The summed E-state index contributed by atoms with van der Waals surface area (Å²) < 4.78 is 13.9. The van der Waals surface area contributed by atoms with Gasteiger partial charge in [0, 0.05) is 6.07 Å². The standard InChI is InChI=1S/C13H14FN3OS/c14-8-4-5-11-10(7-8)16-13(19-11)17-12(18)9-3-1-2-6-15-9/h4-5,7,9,15H,1-3,6H2,(H,16,17,18). The maximum atomic E-state index is 13.1. The van der Waals surface area contributed by atoms with Crippen LogP contribution in [0.1, 0.15) is 19.3 Å². The van der Waals surface area contributed by atoms with E-state index < -0.39 is 0 Å². The molecule has 19 heavy (non-hydrogen) atoms. The predicted molar refractivity (Wildman–Crippen MR) is 73.8 cm³/mol. The number of rotatable bonds is 2. The van der Waals surface area contributed by atoms with Crippen LogP contribution >= 0.6 is 11.3 Å². The lowest BCUT2D eigenvalue weighted by Crippen LogP contribution is -2.43. The summed E-state index contributed by atoms with van der Waals surface area (Å²) in [5, 5.41) is 6.52. The minimum atomic E-state index is -0.315. The third kappa shape index (κ3) is 2.74. The Bertz CT molecular complexity index is 607. The number of carbonyl (C=O) groups excluding carboxylic acids is 1. The lowest BCUT2D eigenvalue weighted by atomic mass is 10.0. The number of piperidine rings is 1. The second-order valence-electron chi connectivity index (χ2n) is 4.62. The van der Waals surface area contributed by atoms with Gasteiger partial charge in [0.1, 0.15) is 5.82 Å². The van der Waals surface area contributed by atoms with Crippen LogP contribution in [-0.4, -0.2) is 23.5 Å². The fourth-order valence-corrected chi connectivity index (χ4v) is 3.07. The third-order valence-corrected chi connectivity index (χ3v) is 4.16. The fraction of sp³-hybridized carbons (Fsp3) is 0.385. The van der Waals surface area contributed by atoms with Crippen molar-refractivity contribution in [3.05, 3.63) is 24.0 Å². The third-order valence-electron chi connectivity index (χ3n) is 3.21. The van der Waals surface area contributed by atoms with E-state index in [1.165, 1.54) is 23.5 Å². The van der Waals surface area contributed by atoms with Crippen LogP contribution in [0.25, 0.3) is 10.2 Å². The molecule has 1 unspecified atom stereocenters. The zero-order valence-corrected chi connectivity index (χ0v) is 11.1. The molecular weight excluding hydrogens is 265 g/mol. The Kier molecular flexibility index (Phi) is 3.44. The predicted octanol–water partition coefficient (Wildman–Crippen LogP) is 2.52. The van der Waals surface area contributed by atoms with Crippen molar-refractivity contribution in [3.63, 3.8) is 0 Å². The molecule has 4 nitrogen and oxygen atoms in total. The van der Waals surface area contributed by atoms with Crippen LogP contribution < -0.4 is 10.6 Å². The summed E-state index contributed by atoms with van der Waals surface area (Å²) in [6.07, 6.45) is 3.03. The maximum absolute atomic E-state index is 13.1. The Balaban J connectivity index is 1.75. The van der Waals surface area contributed by atoms with Crippen molar-refractivity contribution >= 4 is 32.6 Å². The number of carbonyl (C=O) groups is 1. The Morgan fingerprint density at radius 3 is 3.16 bits per heavy atom. The quantitative estimate of drug-likeness (QED) is 0.888. The number of nitrogens with zero attached hydrogens (tertiary/aromatic N) is 1. The summed E-state index contributed by atoms with van der Waals surface area (Å²) in [6.45, 7) is 0.878. The van der Waals surface area contributed by atoms with Crippen molar-refractivity contribution in [2.75, 3.05) is 11.9 Å². The number of nitrogens with one attached hydrogen (secondary N) is 2. The van der Waals surface area contributed by atoms with Crippen LogP contribution in [0, 0.1) is 5.82 Å². The fourth-order valence-electron chi connectivity index (χ4n) is 2.22. The van der Waals surface area contributed by atoms with E-state index in [-0.39, 0.29) is 17.8 Å². The Hall–Kier alpha value is -1.53. The van der Waals surface area contributed by atoms with Crippen LogP contribution in [0.3, 0.4) is 0 Å². The molecule has 1 amide bonds. The molecular formula is C13H14FN3OS. The number of hydrogen-bond acceptors (Lipinski definition) is 4. The molecule has 1 aliphatic rings. The van der Waals surface area contributed by atoms with E-state index in [1.807, 2.05) is 0 Å². The highest BCUT2D eigenvalue weighted by Crippen LogP contribution is 2.26. The summed E-state index contributed by atoms with van der Waals surface area (Å²) in [7, 11) is 0. The Morgan fingerprint density at radius 1 is 1.47 bits per heavy atom. The molecule has 2 N–H and O–H groups in total. The molecule has 0 bridgehead atoms. The molecule has 0 saturated carbocycles. The maximum Gasteiger partial charge on any atom is 0.243 e. The lowest BCUT2D eigenvalue weighted by Gasteiger charge is -2.21. The number of fused-ring (bicyclic) bond motifs is 1. The van der Waals surface area contributed by atoms with E-state index in [9.17, 15) is 9.18 Å². The molecule has 0 radical (unpaired) electrons. The van der Waals surface area contributed by atoms with E-state index in [0.29, 0.717) is 10.6 Å². The summed E-state index contributed by atoms with van der Waals surface area (Å²) in [5.41, 5.74) is 0.580. The first-order valence-electron chi connectivity index (χ1n) is 6.33. The summed E-state index contributed by atoms with van der Waals surface area (Å²) >= 11 is 1.36. The zero-order chi connectivity index (χ0) is 13.2. The molecule has 3 rings (SSSR count). The molecule has 100 valence electrons. The average Bonchev–Trinajstić information content (AvgIpc) is 2.81. The second-order valence-corrected chi connectivity index (χ2v) is 5.65. The van der Waals surface area contributed by atoms with Gasteiger partial charge in [-0.05, 0) is 31.5 Å². The molecule has 1 aliphatic heterocycles. The van der Waals surface area contributed by atoms with E-state index in [4.69, 9.17) is 0 Å². The van der Waals surface area contributed by atoms with Gasteiger partial charge in [-0.3, -0.25) is 4.79 Å². The van der Waals surface area contributed by atoms with E-state index in [0.717, 1.165) is 30.5 Å². The second kappa shape index (κ2) is 5.22. The van der Waals surface area contributed by atoms with Gasteiger partial charge in [-0.2, -0.15) is 0 Å². The summed E-state index contributed by atoms with van der Waals surface area (Å²) in [6, 6.07) is 4.31. The Morgan fingerprint density at radius 2 is 2.37 bits per heavy atom. The van der Waals surface area contributed by atoms with Crippen molar-refractivity contribution < 1.29 is 9.18 Å². The number of aromatic nitrogens is 1. The van der Waals surface area contributed by atoms with Gasteiger partial charge >= 0.3 is 0 Å². The monoisotopic (exact) mass is 279 g/mol. The number of amides is 1. The first-order chi connectivity index (χ1) is 9.22. The molecule has 2 aromatic rings. The Labute approximate surface area is 114 Å². The van der Waals surface area contributed by atoms with Gasteiger partial charge in [-0.1, -0.05) is 17.8 Å².